The number of amides is 1. The first-order valence-electron chi connectivity index (χ1n) is 11.6. The van der Waals surface area contributed by atoms with Crippen LogP contribution in [0.25, 0.3) is 0 Å². The molecule has 0 aliphatic heterocycles. The minimum atomic E-state index is -0.469. The van der Waals surface area contributed by atoms with E-state index in [0.717, 1.165) is 18.4 Å². The zero-order chi connectivity index (χ0) is 23.1. The molecule has 1 amide bonds. The second-order valence-electron chi connectivity index (χ2n) is 7.21. The summed E-state index contributed by atoms with van der Waals surface area (Å²) in [5.41, 5.74) is 0.939. The number of esters is 1. The molecule has 1 N–H and O–H groups in total. The highest BCUT2D eigenvalue weighted by molar-refractivity contribution is 5.69. The van der Waals surface area contributed by atoms with Crippen LogP contribution < -0.4 is 5.32 Å². The lowest BCUT2D eigenvalue weighted by Gasteiger charge is -2.09. The molecule has 0 spiro atoms. The maximum absolute atomic E-state index is 11.6. The molecule has 0 aliphatic rings. The fourth-order valence-electron chi connectivity index (χ4n) is 2.70. The molecule has 32 heavy (non-hydrogen) atoms. The zero-order valence-corrected chi connectivity index (χ0v) is 19.4. The number of unbranched alkanes of at least 4 members (excludes halogenated alkanes) is 4. The van der Waals surface area contributed by atoms with Gasteiger partial charge in [0.25, 0.3) is 0 Å². The first-order chi connectivity index (χ1) is 15.7. The maximum atomic E-state index is 11.6. The van der Waals surface area contributed by atoms with E-state index in [0.29, 0.717) is 52.6 Å². The molecule has 0 fully saturated rings. The van der Waals surface area contributed by atoms with Crippen LogP contribution in [0.2, 0.25) is 0 Å². The van der Waals surface area contributed by atoms with Crippen LogP contribution in [0.1, 0.15) is 51.0 Å². The van der Waals surface area contributed by atoms with E-state index in [1.165, 1.54) is 19.3 Å². The van der Waals surface area contributed by atoms with Crippen molar-refractivity contribution in [3.05, 3.63) is 35.9 Å². The standard InChI is InChI=1S/C24H39NO7/c1-2-3-4-5-9-12-23(26)31-20-19-30-18-17-29-16-15-28-14-13-25-24(27)32-21-22-10-7-6-8-11-22/h6-8,10-11H,2-5,9,12-21H2,1H3,(H,25,27). The lowest BCUT2D eigenvalue weighted by Crippen LogP contribution is -2.28. The van der Waals surface area contributed by atoms with E-state index < -0.39 is 6.09 Å². The van der Waals surface area contributed by atoms with E-state index in [1.807, 2.05) is 30.3 Å². The van der Waals surface area contributed by atoms with Crippen LogP contribution in [0.5, 0.6) is 0 Å². The summed E-state index contributed by atoms with van der Waals surface area (Å²) in [4.78, 5) is 23.1. The number of nitrogens with one attached hydrogen (secondary N) is 1. The summed E-state index contributed by atoms with van der Waals surface area (Å²) >= 11 is 0. The van der Waals surface area contributed by atoms with E-state index in [2.05, 4.69) is 12.2 Å². The lowest BCUT2D eigenvalue weighted by atomic mass is 10.1. The van der Waals surface area contributed by atoms with Gasteiger partial charge in [-0.05, 0) is 12.0 Å². The monoisotopic (exact) mass is 453 g/mol. The van der Waals surface area contributed by atoms with Crippen molar-refractivity contribution >= 4 is 12.1 Å². The molecule has 0 saturated heterocycles. The smallest absolute Gasteiger partial charge is 0.407 e. The molecule has 8 nitrogen and oxygen atoms in total. The average Bonchev–Trinajstić information content (AvgIpc) is 2.81. The van der Waals surface area contributed by atoms with Crippen molar-refractivity contribution in [2.75, 3.05) is 52.8 Å². The van der Waals surface area contributed by atoms with Crippen molar-refractivity contribution in [1.29, 1.82) is 0 Å². The molecular formula is C24H39NO7. The number of carbonyl (C=O) groups excluding carboxylic acids is 2. The lowest BCUT2D eigenvalue weighted by molar-refractivity contribution is -0.145. The molecule has 0 radical (unpaired) electrons. The van der Waals surface area contributed by atoms with Gasteiger partial charge in [-0.15, -0.1) is 0 Å². The van der Waals surface area contributed by atoms with Gasteiger partial charge in [-0.25, -0.2) is 4.79 Å². The highest BCUT2D eigenvalue weighted by atomic mass is 16.6. The molecule has 1 aromatic rings. The van der Waals surface area contributed by atoms with Gasteiger partial charge in [0, 0.05) is 13.0 Å². The summed E-state index contributed by atoms with van der Waals surface area (Å²) in [6.45, 7) is 5.55. The van der Waals surface area contributed by atoms with E-state index in [-0.39, 0.29) is 19.2 Å². The van der Waals surface area contributed by atoms with Crippen LogP contribution >= 0.6 is 0 Å². The number of carbonyl (C=O) groups is 2. The number of rotatable bonds is 20. The summed E-state index contributed by atoms with van der Waals surface area (Å²) in [5.74, 6) is -0.155. The van der Waals surface area contributed by atoms with Crippen molar-refractivity contribution in [1.82, 2.24) is 5.32 Å². The molecule has 0 aliphatic carbocycles. The van der Waals surface area contributed by atoms with Crippen molar-refractivity contribution in [3.8, 4) is 0 Å². The summed E-state index contributed by atoms with van der Waals surface area (Å²) in [6, 6.07) is 9.50. The zero-order valence-electron chi connectivity index (χ0n) is 19.4. The molecule has 0 aromatic heterocycles. The number of hydrogen-bond acceptors (Lipinski definition) is 7. The first-order valence-corrected chi connectivity index (χ1v) is 11.6. The van der Waals surface area contributed by atoms with Gasteiger partial charge < -0.3 is 29.0 Å². The number of hydrogen-bond donors (Lipinski definition) is 1. The van der Waals surface area contributed by atoms with Gasteiger partial charge in [-0.2, -0.15) is 0 Å². The molecule has 0 atom stereocenters. The minimum Gasteiger partial charge on any atom is -0.463 e. The summed E-state index contributed by atoms with van der Waals surface area (Å²) in [5, 5.41) is 2.63. The van der Waals surface area contributed by atoms with E-state index in [4.69, 9.17) is 23.7 Å². The van der Waals surface area contributed by atoms with Gasteiger partial charge in [0.15, 0.2) is 0 Å². The van der Waals surface area contributed by atoms with Gasteiger partial charge in [0.1, 0.15) is 13.2 Å². The largest absolute Gasteiger partial charge is 0.463 e. The van der Waals surface area contributed by atoms with E-state index in [1.54, 1.807) is 0 Å². The Labute approximate surface area is 191 Å². The summed E-state index contributed by atoms with van der Waals surface area (Å²) < 4.78 is 26.4. The van der Waals surface area contributed by atoms with Gasteiger partial charge in [-0.3, -0.25) is 4.79 Å². The molecule has 1 aromatic carbocycles. The molecule has 1 rings (SSSR count). The van der Waals surface area contributed by atoms with Crippen LogP contribution in [-0.4, -0.2) is 64.9 Å². The van der Waals surface area contributed by atoms with Crippen LogP contribution in [0.15, 0.2) is 30.3 Å². The molecule has 0 unspecified atom stereocenters. The third kappa shape index (κ3) is 17.5. The Balaban J connectivity index is 1.77. The first kappa shape index (κ1) is 27.9. The Hall–Kier alpha value is -2.16. The maximum Gasteiger partial charge on any atom is 0.407 e. The molecular weight excluding hydrogens is 414 g/mol. The minimum absolute atomic E-state index is 0.155. The predicted octanol–water partition coefficient (Wildman–Crippen LogP) is 3.87. The second-order valence-corrected chi connectivity index (χ2v) is 7.21. The molecule has 0 heterocycles. The average molecular weight is 454 g/mol. The quantitative estimate of drug-likeness (QED) is 0.237. The van der Waals surface area contributed by atoms with E-state index >= 15 is 0 Å². The Bertz CT molecular complexity index is 583. The predicted molar refractivity (Wildman–Crippen MR) is 121 cm³/mol. The number of ether oxygens (including phenoxy) is 5. The van der Waals surface area contributed by atoms with Crippen LogP contribution in [0.4, 0.5) is 4.79 Å². The van der Waals surface area contributed by atoms with Crippen LogP contribution in [-0.2, 0) is 35.1 Å². The fourth-order valence-corrected chi connectivity index (χ4v) is 2.70. The van der Waals surface area contributed by atoms with Gasteiger partial charge in [0.05, 0.1) is 39.6 Å². The third-order valence-corrected chi connectivity index (χ3v) is 4.45. The van der Waals surface area contributed by atoms with Crippen molar-refractivity contribution in [2.24, 2.45) is 0 Å². The van der Waals surface area contributed by atoms with Crippen molar-refractivity contribution in [2.45, 2.75) is 52.1 Å². The SMILES string of the molecule is CCCCCCCC(=O)OCCOCCOCCOCCNC(=O)OCc1ccccc1. The van der Waals surface area contributed by atoms with Crippen molar-refractivity contribution in [3.63, 3.8) is 0 Å². The van der Waals surface area contributed by atoms with Crippen LogP contribution in [0.3, 0.4) is 0 Å². The fraction of sp³-hybridized carbons (Fsp3) is 0.667. The Morgan fingerprint density at radius 1 is 0.750 bits per heavy atom. The number of alkyl carbamates (subject to hydrolysis) is 1. The number of benzene rings is 1. The van der Waals surface area contributed by atoms with Gasteiger partial charge in [-0.1, -0.05) is 62.9 Å². The molecule has 182 valence electrons. The van der Waals surface area contributed by atoms with E-state index in [9.17, 15) is 9.59 Å². The highest BCUT2D eigenvalue weighted by Gasteiger charge is 2.03. The second kappa shape index (κ2) is 20.7. The third-order valence-electron chi connectivity index (χ3n) is 4.45. The molecule has 0 bridgehead atoms. The highest BCUT2D eigenvalue weighted by Crippen LogP contribution is 2.05. The van der Waals surface area contributed by atoms with Crippen molar-refractivity contribution < 1.29 is 33.3 Å². The molecule has 8 heteroatoms. The Morgan fingerprint density at radius 3 is 2.06 bits per heavy atom. The van der Waals surface area contributed by atoms with Gasteiger partial charge in [0.2, 0.25) is 0 Å². The summed E-state index contributed by atoms with van der Waals surface area (Å²) in [6.07, 6.45) is 5.59. The normalized spacial score (nSPS) is 10.7. The Kier molecular flexibility index (Phi) is 18.1. The summed E-state index contributed by atoms with van der Waals surface area (Å²) in [7, 11) is 0. The topological polar surface area (TPSA) is 92.3 Å². The molecule has 0 saturated carbocycles. The van der Waals surface area contributed by atoms with Crippen LogP contribution in [0, 0.1) is 0 Å². The Morgan fingerprint density at radius 2 is 1.38 bits per heavy atom. The van der Waals surface area contributed by atoms with Gasteiger partial charge >= 0.3 is 12.1 Å².